The van der Waals surface area contributed by atoms with E-state index >= 15 is 0 Å². The van der Waals surface area contributed by atoms with Crippen LogP contribution < -0.4 is 10.5 Å². The van der Waals surface area contributed by atoms with Crippen molar-refractivity contribution in [1.82, 2.24) is 14.9 Å². The smallest absolute Gasteiger partial charge is 0.253 e. The lowest BCUT2D eigenvalue weighted by atomic mass is 9.98. The number of fused-ring (bicyclic) bond motifs is 2. The highest BCUT2D eigenvalue weighted by atomic mass is 16.5. The molecule has 0 aliphatic carbocycles. The first-order valence-electron chi connectivity index (χ1n) is 11.2. The normalized spacial score (nSPS) is 16.3. The minimum atomic E-state index is -0.660. The fourth-order valence-electron chi connectivity index (χ4n) is 4.44. The van der Waals surface area contributed by atoms with Gasteiger partial charge < -0.3 is 20.4 Å². The number of likely N-dealkylation sites (tertiary alicyclic amines) is 1. The number of ketones is 1. The van der Waals surface area contributed by atoms with E-state index in [-0.39, 0.29) is 34.7 Å². The molecule has 0 atom stereocenters. The van der Waals surface area contributed by atoms with E-state index in [1.54, 1.807) is 47.4 Å². The summed E-state index contributed by atoms with van der Waals surface area (Å²) in [6.07, 6.45) is 1.59. The molecule has 0 bridgehead atoms. The van der Waals surface area contributed by atoms with Crippen molar-refractivity contribution in [2.24, 2.45) is 5.73 Å². The zero-order valence-corrected chi connectivity index (χ0v) is 18.5. The van der Waals surface area contributed by atoms with Crippen molar-refractivity contribution in [3.8, 4) is 5.75 Å². The van der Waals surface area contributed by atoms with Gasteiger partial charge in [0.05, 0.1) is 28.1 Å². The van der Waals surface area contributed by atoms with E-state index in [2.05, 4.69) is 9.97 Å². The van der Waals surface area contributed by atoms with Gasteiger partial charge in [-0.1, -0.05) is 30.3 Å². The summed E-state index contributed by atoms with van der Waals surface area (Å²) in [5.41, 5.74) is 9.03. The van der Waals surface area contributed by atoms with Crippen LogP contribution in [-0.2, 0) is 0 Å². The van der Waals surface area contributed by atoms with Gasteiger partial charge in [-0.05, 0) is 48.0 Å². The van der Waals surface area contributed by atoms with Gasteiger partial charge in [-0.15, -0.1) is 0 Å². The number of nitrogens with zero attached hydrogens (tertiary/aromatic N) is 2. The average Bonchev–Trinajstić information content (AvgIpc) is 3.39. The molecule has 2 aliphatic heterocycles. The lowest BCUT2D eigenvalue weighted by Crippen LogP contribution is -2.48. The van der Waals surface area contributed by atoms with Gasteiger partial charge in [0.25, 0.3) is 11.8 Å². The highest BCUT2D eigenvalue weighted by molar-refractivity contribution is 6.16. The maximum absolute atomic E-state index is 12.9. The highest BCUT2D eigenvalue weighted by Crippen LogP contribution is 2.35. The van der Waals surface area contributed by atoms with Crippen LogP contribution in [0, 0.1) is 0 Å². The molecule has 3 heterocycles. The number of carbonyl (C=O) groups excluding carboxylic acids is 3. The Morgan fingerprint density at radius 1 is 1.03 bits per heavy atom. The summed E-state index contributed by atoms with van der Waals surface area (Å²) in [4.78, 5) is 47.0. The molecule has 0 unspecified atom stereocenters. The van der Waals surface area contributed by atoms with Crippen molar-refractivity contribution in [1.29, 1.82) is 0 Å². The van der Waals surface area contributed by atoms with Crippen molar-refractivity contribution in [3.05, 3.63) is 101 Å². The summed E-state index contributed by atoms with van der Waals surface area (Å²) in [6, 6.07) is 19.5. The molecular weight excluding hydrogens is 444 g/mol. The van der Waals surface area contributed by atoms with E-state index in [1.165, 1.54) is 6.07 Å². The summed E-state index contributed by atoms with van der Waals surface area (Å²) >= 11 is 0. The van der Waals surface area contributed by atoms with Crippen LogP contribution in [0.4, 0.5) is 0 Å². The fourth-order valence-corrected chi connectivity index (χ4v) is 4.44. The molecule has 2 amide bonds. The lowest BCUT2D eigenvalue weighted by Gasteiger charge is -2.38. The quantitative estimate of drug-likeness (QED) is 0.448. The van der Waals surface area contributed by atoms with Crippen molar-refractivity contribution in [2.45, 2.75) is 5.92 Å². The zero-order chi connectivity index (χ0) is 24.1. The van der Waals surface area contributed by atoms with Crippen molar-refractivity contribution in [2.75, 3.05) is 13.1 Å². The number of hydrogen-bond donors (Lipinski definition) is 2. The number of nitrogens with two attached hydrogens (primary N) is 1. The monoisotopic (exact) mass is 464 g/mol. The molecule has 8 heteroatoms. The number of carbonyl (C=O) groups is 3. The second-order valence-corrected chi connectivity index (χ2v) is 8.65. The number of H-pyrrole nitrogens is 1. The van der Waals surface area contributed by atoms with Gasteiger partial charge in [-0.3, -0.25) is 14.4 Å². The summed E-state index contributed by atoms with van der Waals surface area (Å²) in [5, 5.41) is 0. The molecule has 6 rings (SSSR count). The van der Waals surface area contributed by atoms with E-state index < -0.39 is 5.91 Å². The topological polar surface area (TPSA) is 118 Å². The van der Waals surface area contributed by atoms with Gasteiger partial charge in [0.1, 0.15) is 5.82 Å². The van der Waals surface area contributed by atoms with E-state index in [4.69, 9.17) is 10.5 Å². The largest absolute Gasteiger partial charge is 0.452 e. The number of rotatable bonds is 4. The SMILES string of the molecule is NC(=O)c1cccc2c1O/C(=C\c1ccc(C(=O)N3CC(c4nc5ccccc5[nH]4)C3)cc1)C2=O. The van der Waals surface area contributed by atoms with E-state index in [9.17, 15) is 14.4 Å². The lowest BCUT2D eigenvalue weighted by molar-refractivity contribution is 0.0595. The molecule has 0 saturated carbocycles. The number of ether oxygens (including phenoxy) is 1. The molecule has 0 radical (unpaired) electrons. The number of para-hydroxylation sites is 3. The molecule has 1 saturated heterocycles. The summed E-state index contributed by atoms with van der Waals surface area (Å²) in [6.45, 7) is 1.21. The number of Topliss-reactive ketones (excluding diaryl/α,β-unsaturated/α-hetero) is 1. The maximum atomic E-state index is 12.9. The number of hydrogen-bond acceptors (Lipinski definition) is 5. The van der Waals surface area contributed by atoms with Crippen molar-refractivity contribution >= 4 is 34.7 Å². The third kappa shape index (κ3) is 3.56. The molecule has 3 N–H and O–H groups in total. The second kappa shape index (κ2) is 7.95. The standard InChI is InChI=1S/C27H20N4O4/c28-25(33)19-5-3-4-18-23(32)22(35-24(18)19)12-15-8-10-16(11-9-15)27(34)31-13-17(14-31)26-29-20-6-1-2-7-21(20)30-26/h1-12,17H,13-14H2,(H2,28,33)(H,29,30)/b22-12-. The molecule has 4 aromatic rings. The van der Waals surface area contributed by atoms with Crippen LogP contribution in [0.25, 0.3) is 17.1 Å². The minimum Gasteiger partial charge on any atom is -0.452 e. The molecule has 1 fully saturated rings. The Balaban J connectivity index is 1.14. The molecule has 1 aromatic heterocycles. The number of amides is 2. The van der Waals surface area contributed by atoms with Crippen LogP contribution in [0.15, 0.2) is 72.5 Å². The van der Waals surface area contributed by atoms with Crippen LogP contribution in [0.1, 0.15) is 48.4 Å². The number of nitrogens with one attached hydrogen (secondary N) is 1. The summed E-state index contributed by atoms with van der Waals surface area (Å²) < 4.78 is 5.66. The maximum Gasteiger partial charge on any atom is 0.253 e. The van der Waals surface area contributed by atoms with Gasteiger partial charge in [0.15, 0.2) is 11.5 Å². The second-order valence-electron chi connectivity index (χ2n) is 8.65. The number of allylic oxidation sites excluding steroid dienone is 1. The zero-order valence-electron chi connectivity index (χ0n) is 18.5. The van der Waals surface area contributed by atoms with Gasteiger partial charge in [0, 0.05) is 18.7 Å². The van der Waals surface area contributed by atoms with Crippen molar-refractivity contribution < 1.29 is 19.1 Å². The molecule has 172 valence electrons. The van der Waals surface area contributed by atoms with Crippen LogP contribution >= 0.6 is 0 Å². The van der Waals surface area contributed by atoms with Crippen LogP contribution in [0.2, 0.25) is 0 Å². The first-order valence-corrected chi connectivity index (χ1v) is 11.2. The van der Waals surface area contributed by atoms with Crippen LogP contribution in [0.3, 0.4) is 0 Å². The minimum absolute atomic E-state index is 0.0525. The van der Waals surface area contributed by atoms with Crippen LogP contribution in [0.5, 0.6) is 5.75 Å². The summed E-state index contributed by atoms with van der Waals surface area (Å²) in [7, 11) is 0. The molecule has 35 heavy (non-hydrogen) atoms. The first kappa shape index (κ1) is 20.9. The molecule has 8 nitrogen and oxygen atoms in total. The Kier molecular flexibility index (Phi) is 4.74. The van der Waals surface area contributed by atoms with Crippen LogP contribution in [-0.4, -0.2) is 45.6 Å². The number of benzene rings is 3. The molecule has 3 aromatic carbocycles. The van der Waals surface area contributed by atoms with E-state index in [0.29, 0.717) is 29.8 Å². The fraction of sp³-hybridized carbons (Fsp3) is 0.111. The number of primary amides is 1. The highest BCUT2D eigenvalue weighted by Gasteiger charge is 2.34. The predicted octanol–water partition coefficient (Wildman–Crippen LogP) is 3.52. The van der Waals surface area contributed by atoms with Gasteiger partial charge in [-0.2, -0.15) is 0 Å². The Bertz CT molecular complexity index is 1510. The van der Waals surface area contributed by atoms with Gasteiger partial charge >= 0.3 is 0 Å². The molecule has 0 spiro atoms. The Labute approximate surface area is 200 Å². The van der Waals surface area contributed by atoms with E-state index in [1.807, 2.05) is 24.3 Å². The van der Waals surface area contributed by atoms with Gasteiger partial charge in [-0.25, -0.2) is 4.98 Å². The Morgan fingerprint density at radius 2 is 1.80 bits per heavy atom. The third-order valence-corrected chi connectivity index (χ3v) is 6.38. The van der Waals surface area contributed by atoms with Gasteiger partial charge in [0.2, 0.25) is 5.78 Å². The van der Waals surface area contributed by atoms with Crippen molar-refractivity contribution in [3.63, 3.8) is 0 Å². The number of aromatic amines is 1. The third-order valence-electron chi connectivity index (χ3n) is 6.38. The predicted molar refractivity (Wildman–Crippen MR) is 129 cm³/mol. The molecule has 2 aliphatic rings. The summed E-state index contributed by atoms with van der Waals surface area (Å²) in [5.74, 6) is 0.340. The first-order chi connectivity index (χ1) is 17.0. The Hall–Kier alpha value is -4.72. The molecular formula is C27H20N4O4. The number of aromatic nitrogens is 2. The Morgan fingerprint density at radius 3 is 2.54 bits per heavy atom. The average molecular weight is 464 g/mol. The van der Waals surface area contributed by atoms with E-state index in [0.717, 1.165) is 16.9 Å². The number of imidazole rings is 1.